The Balaban J connectivity index is 1.61. The minimum atomic E-state index is -4.96. The number of hydrogen-bond acceptors (Lipinski definition) is 3. The lowest BCUT2D eigenvalue weighted by Gasteiger charge is -2.32. The van der Waals surface area contributed by atoms with Crippen LogP contribution < -0.4 is 5.32 Å². The van der Waals surface area contributed by atoms with Gasteiger partial charge in [-0.1, -0.05) is 12.1 Å². The molecule has 1 heterocycles. The molecule has 2 aromatic carbocycles. The van der Waals surface area contributed by atoms with E-state index in [4.69, 9.17) is 4.74 Å². The number of halogens is 7. The van der Waals surface area contributed by atoms with Crippen LogP contribution in [0.3, 0.4) is 0 Å². The molecule has 5 atom stereocenters. The summed E-state index contributed by atoms with van der Waals surface area (Å²) in [7, 11) is 1.58. The zero-order valence-electron chi connectivity index (χ0n) is 21.6. The Bertz CT molecular complexity index is 1120. The van der Waals surface area contributed by atoms with E-state index >= 15 is 0 Å². The molecule has 3 unspecified atom stereocenters. The number of carbonyl (C=O) groups excluding carboxylic acids is 1. The third-order valence-electron chi connectivity index (χ3n) is 7.83. The molecule has 1 amide bonds. The van der Waals surface area contributed by atoms with E-state index in [-0.39, 0.29) is 35.4 Å². The fraction of sp³-hybridized carbons (Fsp3) is 0.536. The molecule has 1 aliphatic carbocycles. The summed E-state index contributed by atoms with van der Waals surface area (Å²) in [6, 6.07) is 7.11. The van der Waals surface area contributed by atoms with Crippen molar-refractivity contribution in [2.24, 2.45) is 5.92 Å². The predicted molar refractivity (Wildman–Crippen MR) is 130 cm³/mol. The van der Waals surface area contributed by atoms with Gasteiger partial charge in [0.25, 0.3) is 0 Å². The first-order chi connectivity index (χ1) is 18.3. The Labute approximate surface area is 222 Å². The summed E-state index contributed by atoms with van der Waals surface area (Å²) in [6.45, 7) is 2.74. The first kappa shape index (κ1) is 29.3. The lowest BCUT2D eigenvalue weighted by Crippen LogP contribution is -2.44. The van der Waals surface area contributed by atoms with Crippen LogP contribution in [0.5, 0.6) is 0 Å². The van der Waals surface area contributed by atoms with Crippen molar-refractivity contribution in [2.75, 3.05) is 20.1 Å². The number of nitrogens with one attached hydrogen (secondary N) is 1. The molecule has 11 heteroatoms. The molecule has 0 aromatic heterocycles. The highest BCUT2D eigenvalue weighted by Gasteiger charge is 2.43. The second-order valence-electron chi connectivity index (χ2n) is 10.3. The smallest absolute Gasteiger partial charge is 0.370 e. The molecular weight excluding hydrogens is 529 g/mol. The monoisotopic (exact) mass is 560 g/mol. The number of rotatable bonds is 7. The second kappa shape index (κ2) is 11.4. The maximum Gasteiger partial charge on any atom is 0.416 e. The lowest BCUT2D eigenvalue weighted by atomic mass is 9.86. The van der Waals surface area contributed by atoms with Crippen molar-refractivity contribution in [1.82, 2.24) is 10.2 Å². The van der Waals surface area contributed by atoms with Crippen molar-refractivity contribution < 1.29 is 40.3 Å². The van der Waals surface area contributed by atoms with Crippen LogP contribution in [0.15, 0.2) is 42.5 Å². The van der Waals surface area contributed by atoms with Crippen molar-refractivity contribution in [3.63, 3.8) is 0 Å². The number of likely N-dealkylation sites (tertiary alicyclic amines) is 1. The first-order valence-electron chi connectivity index (χ1n) is 12.9. The summed E-state index contributed by atoms with van der Waals surface area (Å²) in [5.74, 6) is -0.797. The molecule has 0 radical (unpaired) electrons. The second-order valence-corrected chi connectivity index (χ2v) is 10.3. The van der Waals surface area contributed by atoms with Crippen LogP contribution in [0.4, 0.5) is 30.7 Å². The highest BCUT2D eigenvalue weighted by Crippen LogP contribution is 2.45. The van der Waals surface area contributed by atoms with Gasteiger partial charge in [-0.15, -0.1) is 0 Å². The molecule has 1 saturated heterocycles. The summed E-state index contributed by atoms with van der Waals surface area (Å²) in [6.07, 6.45) is -8.73. The fourth-order valence-corrected chi connectivity index (χ4v) is 5.93. The van der Waals surface area contributed by atoms with Gasteiger partial charge in [-0.2, -0.15) is 26.3 Å². The molecule has 1 saturated carbocycles. The number of amides is 1. The summed E-state index contributed by atoms with van der Waals surface area (Å²) in [5, 5.41) is 2.69. The Morgan fingerprint density at radius 3 is 2.18 bits per heavy atom. The van der Waals surface area contributed by atoms with Crippen molar-refractivity contribution in [1.29, 1.82) is 0 Å². The molecule has 1 aliphatic heterocycles. The summed E-state index contributed by atoms with van der Waals surface area (Å²) in [4.78, 5) is 14.5. The predicted octanol–water partition coefficient (Wildman–Crippen LogP) is 6.71. The molecule has 4 rings (SSSR count). The first-order valence-corrected chi connectivity index (χ1v) is 12.9. The van der Waals surface area contributed by atoms with E-state index in [0.29, 0.717) is 31.5 Å². The van der Waals surface area contributed by atoms with Gasteiger partial charge < -0.3 is 10.1 Å². The van der Waals surface area contributed by atoms with Crippen molar-refractivity contribution in [3.05, 3.63) is 70.5 Å². The van der Waals surface area contributed by atoms with Crippen LogP contribution in [0.2, 0.25) is 0 Å². The summed E-state index contributed by atoms with van der Waals surface area (Å²) >= 11 is 0. The van der Waals surface area contributed by atoms with E-state index in [0.717, 1.165) is 24.9 Å². The van der Waals surface area contributed by atoms with Gasteiger partial charge in [-0.05, 0) is 86.5 Å². The molecule has 0 bridgehead atoms. The zero-order valence-corrected chi connectivity index (χ0v) is 21.6. The Morgan fingerprint density at radius 1 is 1.00 bits per heavy atom. The van der Waals surface area contributed by atoms with Crippen molar-refractivity contribution in [2.45, 2.75) is 69.1 Å². The summed E-state index contributed by atoms with van der Waals surface area (Å²) in [5.41, 5.74) is -2.24. The molecule has 2 aliphatic rings. The van der Waals surface area contributed by atoms with Gasteiger partial charge in [0.2, 0.25) is 5.91 Å². The normalized spacial score (nSPS) is 25.2. The van der Waals surface area contributed by atoms with Gasteiger partial charge in [-0.3, -0.25) is 9.69 Å². The molecule has 214 valence electrons. The van der Waals surface area contributed by atoms with Crippen molar-refractivity contribution in [3.8, 4) is 0 Å². The van der Waals surface area contributed by atoms with Crippen LogP contribution in [0, 0.1) is 11.7 Å². The average molecular weight is 561 g/mol. The van der Waals surface area contributed by atoms with Crippen molar-refractivity contribution >= 4 is 5.91 Å². The minimum Gasteiger partial charge on any atom is -0.370 e. The van der Waals surface area contributed by atoms with Crippen LogP contribution in [-0.2, 0) is 21.9 Å². The van der Waals surface area contributed by atoms with E-state index in [1.807, 2.05) is 0 Å². The quantitative estimate of drug-likeness (QED) is 0.383. The highest BCUT2D eigenvalue weighted by molar-refractivity contribution is 5.81. The molecule has 2 fully saturated rings. The Hall–Kier alpha value is -2.66. The number of nitrogens with zero attached hydrogens (tertiary/aromatic N) is 1. The standard InChI is InChI=1S/C28H31F7N2O2/c1-16(19-12-20(27(30,31)32)14-21(13-19)28(33,34)35)39-24-10-7-18(25(24)17-5-8-22(29)9-6-17)15-37-11-3-4-23(37)26(38)36-2/h5-6,8-9,12-14,16,18,23-25H,3-4,7,10-11,15H2,1-2H3,(H,36,38)/t16-,18?,23+,24?,25?/m0/s1. The van der Waals surface area contributed by atoms with Gasteiger partial charge in [0.05, 0.1) is 29.4 Å². The Kier molecular flexibility index (Phi) is 8.61. The largest absolute Gasteiger partial charge is 0.416 e. The fourth-order valence-electron chi connectivity index (χ4n) is 5.93. The van der Waals surface area contributed by atoms with Gasteiger partial charge >= 0.3 is 12.4 Å². The topological polar surface area (TPSA) is 41.6 Å². The number of ether oxygens (including phenoxy) is 1. The summed E-state index contributed by atoms with van der Waals surface area (Å²) < 4.78 is 100. The van der Waals surface area contributed by atoms with Crippen LogP contribution in [0.1, 0.15) is 66.9 Å². The van der Waals surface area contributed by atoms with E-state index in [2.05, 4.69) is 10.2 Å². The van der Waals surface area contributed by atoms with E-state index in [9.17, 15) is 35.5 Å². The van der Waals surface area contributed by atoms with Crippen LogP contribution >= 0.6 is 0 Å². The number of carbonyl (C=O) groups is 1. The number of hydrogen-bond donors (Lipinski definition) is 1. The maximum absolute atomic E-state index is 13.7. The SMILES string of the molecule is CNC(=O)[C@H]1CCCN1CC1CCC(O[C@@H](C)c2cc(C(F)(F)F)cc(C(F)(F)F)c2)C1c1ccc(F)cc1. The van der Waals surface area contributed by atoms with E-state index in [1.54, 1.807) is 19.2 Å². The van der Waals surface area contributed by atoms with Gasteiger partial charge in [-0.25, -0.2) is 4.39 Å². The number of benzene rings is 2. The van der Waals surface area contributed by atoms with Gasteiger partial charge in [0.1, 0.15) is 5.82 Å². The Morgan fingerprint density at radius 2 is 1.62 bits per heavy atom. The minimum absolute atomic E-state index is 0.00911. The zero-order chi connectivity index (χ0) is 28.5. The lowest BCUT2D eigenvalue weighted by molar-refractivity contribution is -0.143. The molecule has 0 spiro atoms. The highest BCUT2D eigenvalue weighted by atomic mass is 19.4. The van der Waals surface area contributed by atoms with Crippen LogP contribution in [0.25, 0.3) is 0 Å². The molecule has 4 nitrogen and oxygen atoms in total. The number of likely N-dealkylation sites (N-methyl/N-ethyl adjacent to an activating group) is 1. The third kappa shape index (κ3) is 6.74. The van der Waals surface area contributed by atoms with Gasteiger partial charge in [0.15, 0.2) is 0 Å². The van der Waals surface area contributed by atoms with Crippen LogP contribution in [-0.4, -0.2) is 43.1 Å². The molecule has 1 N–H and O–H groups in total. The number of alkyl halides is 6. The molecule has 2 aromatic rings. The average Bonchev–Trinajstić information content (AvgIpc) is 3.50. The van der Waals surface area contributed by atoms with E-state index < -0.39 is 41.5 Å². The third-order valence-corrected chi connectivity index (χ3v) is 7.83. The van der Waals surface area contributed by atoms with Gasteiger partial charge in [0, 0.05) is 19.5 Å². The maximum atomic E-state index is 13.7. The molecule has 39 heavy (non-hydrogen) atoms. The molecular formula is C28H31F7N2O2. The van der Waals surface area contributed by atoms with E-state index in [1.165, 1.54) is 19.1 Å².